The normalized spacial score (nSPS) is 15.6. The first-order chi connectivity index (χ1) is 15.6. The molecule has 1 atom stereocenters. The van der Waals surface area contributed by atoms with Gasteiger partial charge in [-0.3, -0.25) is 4.79 Å². The van der Waals surface area contributed by atoms with E-state index in [0.717, 1.165) is 44.7 Å². The van der Waals surface area contributed by atoms with E-state index in [1.807, 2.05) is 30.3 Å². The zero-order valence-electron chi connectivity index (χ0n) is 17.7. The number of aliphatic hydroxyl groups is 1. The number of halogens is 1. The Kier molecular flexibility index (Phi) is 5.81. The molecule has 1 aromatic heterocycles. The zero-order chi connectivity index (χ0) is 22.1. The standard InChI is InChI=1S/C28H24BrNO2/c29-23-10-8-21(9-11-23)26-18-25-27(30(26)24-12-6-19(7-13-24)14-15-31)16-22(17-28(25)32)20-4-2-1-3-5-20/h1-13,18,22,31H,14-17H2/t22-/m1/s1. The second kappa shape index (κ2) is 8.89. The van der Waals surface area contributed by atoms with Crippen molar-refractivity contribution in [2.45, 2.75) is 25.2 Å². The number of Topliss-reactive ketones (excluding diaryl/α,β-unsaturated/α-hetero) is 1. The Labute approximate surface area is 196 Å². The van der Waals surface area contributed by atoms with Crippen LogP contribution in [-0.2, 0) is 12.8 Å². The number of carbonyl (C=O) groups excluding carboxylic acids is 1. The molecule has 0 unspecified atom stereocenters. The fourth-order valence-corrected chi connectivity index (χ4v) is 4.93. The maximum atomic E-state index is 13.2. The molecule has 4 heteroatoms. The Morgan fingerprint density at radius 3 is 2.31 bits per heavy atom. The Bertz CT molecular complexity index is 1240. The van der Waals surface area contributed by atoms with Crippen LogP contribution in [0, 0.1) is 0 Å². The molecule has 0 saturated heterocycles. The monoisotopic (exact) mass is 485 g/mol. The summed E-state index contributed by atoms with van der Waals surface area (Å²) >= 11 is 3.52. The Hall–Kier alpha value is -2.95. The van der Waals surface area contributed by atoms with Crippen molar-refractivity contribution in [3.8, 4) is 16.9 Å². The number of hydrogen-bond donors (Lipinski definition) is 1. The van der Waals surface area contributed by atoms with Gasteiger partial charge in [0.15, 0.2) is 5.78 Å². The molecular weight excluding hydrogens is 462 g/mol. The number of ketones is 1. The van der Waals surface area contributed by atoms with Gasteiger partial charge in [0.2, 0.25) is 0 Å². The highest BCUT2D eigenvalue weighted by atomic mass is 79.9. The molecule has 0 bridgehead atoms. The summed E-state index contributed by atoms with van der Waals surface area (Å²) in [7, 11) is 0. The van der Waals surface area contributed by atoms with E-state index >= 15 is 0 Å². The molecule has 32 heavy (non-hydrogen) atoms. The summed E-state index contributed by atoms with van der Waals surface area (Å²) in [5.74, 6) is 0.380. The highest BCUT2D eigenvalue weighted by molar-refractivity contribution is 9.10. The number of fused-ring (bicyclic) bond motifs is 1. The van der Waals surface area contributed by atoms with Crippen LogP contribution in [0.3, 0.4) is 0 Å². The first kappa shape index (κ1) is 20.9. The van der Waals surface area contributed by atoms with Crippen molar-refractivity contribution < 1.29 is 9.90 Å². The van der Waals surface area contributed by atoms with E-state index in [1.165, 1.54) is 5.56 Å². The lowest BCUT2D eigenvalue weighted by molar-refractivity contribution is 0.0963. The van der Waals surface area contributed by atoms with E-state index in [4.69, 9.17) is 0 Å². The quantitative estimate of drug-likeness (QED) is 0.357. The lowest BCUT2D eigenvalue weighted by Gasteiger charge is -2.24. The Balaban J connectivity index is 1.66. The number of benzene rings is 3. The van der Waals surface area contributed by atoms with E-state index < -0.39 is 0 Å². The SMILES string of the molecule is O=C1C[C@H](c2ccccc2)Cc2c1cc(-c1ccc(Br)cc1)n2-c1ccc(CCO)cc1. The van der Waals surface area contributed by atoms with E-state index in [-0.39, 0.29) is 18.3 Å². The maximum absolute atomic E-state index is 13.2. The summed E-state index contributed by atoms with van der Waals surface area (Å²) < 4.78 is 3.27. The van der Waals surface area contributed by atoms with Crippen molar-refractivity contribution in [1.29, 1.82) is 0 Å². The van der Waals surface area contributed by atoms with Crippen LogP contribution in [0.25, 0.3) is 16.9 Å². The molecule has 1 aliphatic carbocycles. The summed E-state index contributed by atoms with van der Waals surface area (Å²) in [5, 5.41) is 9.27. The fourth-order valence-electron chi connectivity index (χ4n) is 4.66. The number of hydrogen-bond acceptors (Lipinski definition) is 2. The number of aromatic nitrogens is 1. The molecule has 160 valence electrons. The average molecular weight is 486 g/mol. The summed E-state index contributed by atoms with van der Waals surface area (Å²) in [4.78, 5) is 13.2. The molecule has 1 heterocycles. The third kappa shape index (κ3) is 3.96. The van der Waals surface area contributed by atoms with Gasteiger partial charge in [0, 0.05) is 34.4 Å². The zero-order valence-corrected chi connectivity index (χ0v) is 19.3. The van der Waals surface area contributed by atoms with Gasteiger partial charge in [0.1, 0.15) is 0 Å². The number of nitrogens with zero attached hydrogens (tertiary/aromatic N) is 1. The van der Waals surface area contributed by atoms with Crippen molar-refractivity contribution in [1.82, 2.24) is 4.57 Å². The second-order valence-electron chi connectivity index (χ2n) is 8.31. The molecule has 1 aliphatic rings. The van der Waals surface area contributed by atoms with Gasteiger partial charge in [-0.15, -0.1) is 0 Å². The minimum atomic E-state index is 0.135. The molecular formula is C28H24BrNO2. The third-order valence-corrected chi connectivity index (χ3v) is 6.81. The minimum absolute atomic E-state index is 0.135. The molecule has 3 nitrogen and oxygen atoms in total. The number of rotatable bonds is 5. The molecule has 4 aromatic rings. The van der Waals surface area contributed by atoms with Crippen molar-refractivity contribution in [3.63, 3.8) is 0 Å². The van der Waals surface area contributed by atoms with Crippen LogP contribution in [0.4, 0.5) is 0 Å². The van der Waals surface area contributed by atoms with Gasteiger partial charge in [-0.25, -0.2) is 0 Å². The van der Waals surface area contributed by atoms with Crippen LogP contribution < -0.4 is 0 Å². The van der Waals surface area contributed by atoms with E-state index in [0.29, 0.717) is 12.8 Å². The van der Waals surface area contributed by atoms with Crippen molar-refractivity contribution in [2.24, 2.45) is 0 Å². The largest absolute Gasteiger partial charge is 0.396 e. The Morgan fingerprint density at radius 2 is 1.62 bits per heavy atom. The van der Waals surface area contributed by atoms with Crippen LogP contribution in [0.2, 0.25) is 0 Å². The third-order valence-electron chi connectivity index (χ3n) is 6.28. The van der Waals surface area contributed by atoms with E-state index in [2.05, 4.69) is 75.1 Å². The first-order valence-electron chi connectivity index (χ1n) is 10.9. The molecule has 0 aliphatic heterocycles. The lowest BCUT2D eigenvalue weighted by Crippen LogP contribution is -2.20. The summed E-state index contributed by atoms with van der Waals surface area (Å²) in [5.41, 5.74) is 7.35. The molecule has 0 fully saturated rings. The maximum Gasteiger partial charge on any atom is 0.165 e. The minimum Gasteiger partial charge on any atom is -0.396 e. The van der Waals surface area contributed by atoms with Gasteiger partial charge in [0.05, 0.1) is 5.69 Å². The van der Waals surface area contributed by atoms with Gasteiger partial charge >= 0.3 is 0 Å². The predicted octanol–water partition coefficient (Wildman–Crippen LogP) is 6.35. The van der Waals surface area contributed by atoms with Crippen LogP contribution in [0.1, 0.15) is 39.5 Å². The molecule has 0 saturated carbocycles. The van der Waals surface area contributed by atoms with Crippen LogP contribution in [0.5, 0.6) is 0 Å². The van der Waals surface area contributed by atoms with Gasteiger partial charge in [-0.2, -0.15) is 0 Å². The van der Waals surface area contributed by atoms with E-state index in [1.54, 1.807) is 0 Å². The van der Waals surface area contributed by atoms with Crippen molar-refractivity contribution in [3.05, 3.63) is 112 Å². The molecule has 0 radical (unpaired) electrons. The fraction of sp³-hybridized carbons (Fsp3) is 0.179. The molecule has 5 rings (SSSR count). The van der Waals surface area contributed by atoms with Crippen molar-refractivity contribution >= 4 is 21.7 Å². The second-order valence-corrected chi connectivity index (χ2v) is 9.23. The number of carbonyl (C=O) groups is 1. The van der Waals surface area contributed by atoms with Crippen LogP contribution in [-0.4, -0.2) is 22.1 Å². The first-order valence-corrected chi connectivity index (χ1v) is 11.7. The molecule has 0 spiro atoms. The van der Waals surface area contributed by atoms with Gasteiger partial charge in [-0.05, 0) is 65.8 Å². The lowest BCUT2D eigenvalue weighted by atomic mass is 9.82. The topological polar surface area (TPSA) is 42.2 Å². The Morgan fingerprint density at radius 1 is 0.906 bits per heavy atom. The average Bonchev–Trinajstić information content (AvgIpc) is 3.21. The van der Waals surface area contributed by atoms with Gasteiger partial charge in [0.25, 0.3) is 0 Å². The van der Waals surface area contributed by atoms with Crippen LogP contribution >= 0.6 is 15.9 Å². The van der Waals surface area contributed by atoms with Gasteiger partial charge in [-0.1, -0.05) is 70.5 Å². The highest BCUT2D eigenvalue weighted by Crippen LogP contribution is 2.39. The smallest absolute Gasteiger partial charge is 0.165 e. The summed E-state index contributed by atoms with van der Waals surface area (Å²) in [6, 6.07) is 28.9. The summed E-state index contributed by atoms with van der Waals surface area (Å²) in [6.07, 6.45) is 1.99. The van der Waals surface area contributed by atoms with E-state index in [9.17, 15) is 9.90 Å². The number of aliphatic hydroxyl groups excluding tert-OH is 1. The molecule has 1 N–H and O–H groups in total. The predicted molar refractivity (Wildman–Crippen MR) is 132 cm³/mol. The molecule has 3 aromatic carbocycles. The molecule has 0 amide bonds. The van der Waals surface area contributed by atoms with Gasteiger partial charge < -0.3 is 9.67 Å². The summed E-state index contributed by atoms with van der Waals surface area (Å²) in [6.45, 7) is 0.135. The van der Waals surface area contributed by atoms with Crippen LogP contribution in [0.15, 0.2) is 89.4 Å². The van der Waals surface area contributed by atoms with Crippen molar-refractivity contribution in [2.75, 3.05) is 6.61 Å². The highest BCUT2D eigenvalue weighted by Gasteiger charge is 2.31.